The summed E-state index contributed by atoms with van der Waals surface area (Å²) >= 11 is 1.07. The number of hydrogen-bond donors (Lipinski definition) is 2. The van der Waals surface area contributed by atoms with E-state index >= 15 is 0 Å². The summed E-state index contributed by atoms with van der Waals surface area (Å²) in [5.74, 6) is -0.855. The van der Waals surface area contributed by atoms with Crippen molar-refractivity contribution in [2.45, 2.75) is 30.7 Å². The van der Waals surface area contributed by atoms with Gasteiger partial charge in [-0.1, -0.05) is 6.42 Å². The Labute approximate surface area is 155 Å². The number of furan rings is 1. The predicted octanol–water partition coefficient (Wildman–Crippen LogP) is 1.54. The lowest BCUT2D eigenvalue weighted by molar-refractivity contribution is 0.0948. The molecule has 0 aromatic carbocycles. The van der Waals surface area contributed by atoms with Crippen LogP contribution in [0.2, 0.25) is 0 Å². The highest BCUT2D eigenvalue weighted by Gasteiger charge is 2.30. The van der Waals surface area contributed by atoms with Crippen molar-refractivity contribution < 1.29 is 22.4 Å². The van der Waals surface area contributed by atoms with E-state index in [4.69, 9.17) is 10.2 Å². The number of hydrogen-bond acceptors (Lipinski definition) is 6. The molecule has 0 unspecified atom stereocenters. The van der Waals surface area contributed by atoms with Crippen LogP contribution in [0.4, 0.5) is 0 Å². The minimum atomic E-state index is -3.69. The molecule has 3 rings (SSSR count). The Morgan fingerprint density at radius 3 is 2.58 bits per heavy atom. The van der Waals surface area contributed by atoms with Crippen LogP contribution in [0.3, 0.4) is 0 Å². The van der Waals surface area contributed by atoms with Gasteiger partial charge >= 0.3 is 0 Å². The number of nitrogens with one attached hydrogen (secondary N) is 1. The summed E-state index contributed by atoms with van der Waals surface area (Å²) in [6, 6.07) is 4.41. The standard InChI is InChI=1S/C16H19N3O5S2/c17-15(20)12-5-4-11(24-12)10-18-16(21)14-13(6-9-25-14)26(22,23)19-7-2-1-3-8-19/h4-6,9H,1-3,7-8,10H2,(H2,17,20)(H,18,21). The van der Waals surface area contributed by atoms with Gasteiger partial charge in [0.15, 0.2) is 5.76 Å². The normalized spacial score (nSPS) is 15.7. The molecule has 2 amide bonds. The van der Waals surface area contributed by atoms with E-state index in [0.717, 1.165) is 30.6 Å². The average molecular weight is 397 g/mol. The van der Waals surface area contributed by atoms with Crippen molar-refractivity contribution in [2.75, 3.05) is 13.1 Å². The fourth-order valence-corrected chi connectivity index (χ4v) is 5.60. The van der Waals surface area contributed by atoms with E-state index in [-0.39, 0.29) is 22.1 Å². The van der Waals surface area contributed by atoms with Gasteiger partial charge in [-0.3, -0.25) is 9.59 Å². The summed E-state index contributed by atoms with van der Waals surface area (Å²) in [7, 11) is -3.69. The molecule has 0 atom stereocenters. The lowest BCUT2D eigenvalue weighted by Crippen LogP contribution is -2.36. The number of primary amides is 1. The van der Waals surface area contributed by atoms with Crippen molar-refractivity contribution in [3.05, 3.63) is 40.0 Å². The number of nitrogens with zero attached hydrogens (tertiary/aromatic N) is 1. The Balaban J connectivity index is 1.72. The van der Waals surface area contributed by atoms with Crippen LogP contribution in [0, 0.1) is 0 Å². The van der Waals surface area contributed by atoms with Gasteiger partial charge in [-0.25, -0.2) is 8.42 Å². The molecule has 10 heteroatoms. The number of sulfonamides is 1. The minimum Gasteiger partial charge on any atom is -0.454 e. The number of rotatable bonds is 6. The maximum atomic E-state index is 12.8. The third kappa shape index (κ3) is 3.81. The molecule has 26 heavy (non-hydrogen) atoms. The van der Waals surface area contributed by atoms with E-state index in [1.807, 2.05) is 0 Å². The van der Waals surface area contributed by atoms with Gasteiger partial charge in [0.2, 0.25) is 10.0 Å². The fourth-order valence-electron chi connectivity index (χ4n) is 2.76. The van der Waals surface area contributed by atoms with Gasteiger partial charge in [0, 0.05) is 13.1 Å². The molecule has 0 saturated carbocycles. The van der Waals surface area contributed by atoms with Gasteiger partial charge in [0.05, 0.1) is 6.54 Å². The van der Waals surface area contributed by atoms with E-state index in [2.05, 4.69) is 5.32 Å². The Morgan fingerprint density at radius 2 is 1.92 bits per heavy atom. The lowest BCUT2D eigenvalue weighted by Gasteiger charge is -2.25. The Kier molecular flexibility index (Phi) is 5.44. The third-order valence-corrected chi connectivity index (χ3v) is 7.08. The van der Waals surface area contributed by atoms with E-state index in [1.54, 1.807) is 5.38 Å². The van der Waals surface area contributed by atoms with Crippen LogP contribution in [0.25, 0.3) is 0 Å². The van der Waals surface area contributed by atoms with Crippen LogP contribution in [0.1, 0.15) is 45.2 Å². The highest BCUT2D eigenvalue weighted by molar-refractivity contribution is 7.89. The van der Waals surface area contributed by atoms with Gasteiger partial charge in [0.25, 0.3) is 11.8 Å². The average Bonchev–Trinajstić information content (AvgIpc) is 3.30. The predicted molar refractivity (Wildman–Crippen MR) is 95.3 cm³/mol. The number of piperidine rings is 1. The first-order chi connectivity index (χ1) is 12.4. The van der Waals surface area contributed by atoms with Crippen molar-refractivity contribution in [3.8, 4) is 0 Å². The Bertz CT molecular complexity index is 910. The highest BCUT2D eigenvalue weighted by Crippen LogP contribution is 2.27. The van der Waals surface area contributed by atoms with Crippen LogP contribution in [-0.2, 0) is 16.6 Å². The summed E-state index contributed by atoms with van der Waals surface area (Å²) < 4.78 is 32.2. The number of carbonyl (C=O) groups excluding carboxylic acids is 2. The molecular formula is C16H19N3O5S2. The number of thiophene rings is 1. The summed E-state index contributed by atoms with van der Waals surface area (Å²) in [6.45, 7) is 0.969. The molecule has 8 nitrogen and oxygen atoms in total. The van der Waals surface area contributed by atoms with Crippen LogP contribution >= 0.6 is 11.3 Å². The molecule has 2 aromatic heterocycles. The topological polar surface area (TPSA) is 123 Å². The summed E-state index contributed by atoms with van der Waals surface area (Å²) in [4.78, 5) is 23.6. The highest BCUT2D eigenvalue weighted by atomic mass is 32.2. The quantitative estimate of drug-likeness (QED) is 0.765. The molecule has 3 N–H and O–H groups in total. The fraction of sp³-hybridized carbons (Fsp3) is 0.375. The maximum Gasteiger partial charge on any atom is 0.284 e. The van der Waals surface area contributed by atoms with Crippen molar-refractivity contribution >= 4 is 33.2 Å². The van der Waals surface area contributed by atoms with Gasteiger partial charge in [-0.2, -0.15) is 4.31 Å². The van der Waals surface area contributed by atoms with E-state index in [0.29, 0.717) is 18.8 Å². The van der Waals surface area contributed by atoms with Gasteiger partial charge in [0.1, 0.15) is 15.5 Å². The third-order valence-electron chi connectivity index (χ3n) is 4.10. The van der Waals surface area contributed by atoms with Gasteiger partial charge in [-0.15, -0.1) is 11.3 Å². The molecule has 0 bridgehead atoms. The zero-order valence-electron chi connectivity index (χ0n) is 13.9. The molecule has 1 aliphatic heterocycles. The van der Waals surface area contributed by atoms with E-state index in [9.17, 15) is 18.0 Å². The molecule has 1 aliphatic rings. The molecule has 3 heterocycles. The van der Waals surface area contributed by atoms with E-state index in [1.165, 1.54) is 22.5 Å². The largest absolute Gasteiger partial charge is 0.454 e. The first-order valence-corrected chi connectivity index (χ1v) is 10.5. The van der Waals surface area contributed by atoms with E-state index < -0.39 is 21.8 Å². The monoisotopic (exact) mass is 397 g/mol. The summed E-state index contributed by atoms with van der Waals surface area (Å²) in [5, 5.41) is 4.20. The molecule has 1 saturated heterocycles. The number of carbonyl (C=O) groups is 2. The number of nitrogens with two attached hydrogens (primary N) is 1. The lowest BCUT2D eigenvalue weighted by atomic mass is 10.2. The van der Waals surface area contributed by atoms with Crippen molar-refractivity contribution in [1.82, 2.24) is 9.62 Å². The Hall–Kier alpha value is -2.17. The van der Waals surface area contributed by atoms with Gasteiger partial charge in [-0.05, 0) is 36.4 Å². The Morgan fingerprint density at radius 1 is 1.19 bits per heavy atom. The molecule has 140 valence electrons. The second-order valence-electron chi connectivity index (χ2n) is 5.89. The second-order valence-corrected chi connectivity index (χ2v) is 8.71. The van der Waals surface area contributed by atoms with Crippen LogP contribution in [0.15, 0.2) is 32.9 Å². The molecular weight excluding hydrogens is 378 g/mol. The van der Waals surface area contributed by atoms with Crippen molar-refractivity contribution in [3.63, 3.8) is 0 Å². The summed E-state index contributed by atoms with van der Waals surface area (Å²) in [5.41, 5.74) is 5.11. The molecule has 0 spiro atoms. The van der Waals surface area contributed by atoms with Gasteiger partial charge < -0.3 is 15.5 Å². The number of amides is 2. The maximum absolute atomic E-state index is 12.8. The SMILES string of the molecule is NC(=O)c1ccc(CNC(=O)c2sccc2S(=O)(=O)N2CCCCC2)o1. The van der Waals surface area contributed by atoms with Crippen LogP contribution in [0.5, 0.6) is 0 Å². The molecule has 0 radical (unpaired) electrons. The minimum absolute atomic E-state index is 0.00117. The smallest absolute Gasteiger partial charge is 0.284 e. The van der Waals surface area contributed by atoms with Crippen molar-refractivity contribution in [1.29, 1.82) is 0 Å². The second kappa shape index (κ2) is 7.60. The first-order valence-electron chi connectivity index (χ1n) is 8.14. The van der Waals surface area contributed by atoms with Crippen LogP contribution < -0.4 is 11.1 Å². The van der Waals surface area contributed by atoms with Crippen molar-refractivity contribution in [2.24, 2.45) is 5.73 Å². The molecule has 0 aliphatic carbocycles. The first kappa shape index (κ1) is 18.6. The summed E-state index contributed by atoms with van der Waals surface area (Å²) in [6.07, 6.45) is 2.66. The molecule has 2 aromatic rings. The zero-order chi connectivity index (χ0) is 18.7. The van der Waals surface area contributed by atoms with Crippen LogP contribution in [-0.4, -0.2) is 37.6 Å². The zero-order valence-corrected chi connectivity index (χ0v) is 15.6. The molecule has 1 fully saturated rings.